The number of hydrogen-bond acceptors (Lipinski definition) is 5. The Hall–Kier alpha value is -2.41. The van der Waals surface area contributed by atoms with Gasteiger partial charge < -0.3 is 20.1 Å². The molecular formula is C17H24N2O5. The van der Waals surface area contributed by atoms with Gasteiger partial charge in [0, 0.05) is 25.9 Å². The lowest BCUT2D eigenvalue weighted by Crippen LogP contribution is -2.45. The van der Waals surface area contributed by atoms with Crippen LogP contribution >= 0.6 is 0 Å². The Labute approximate surface area is 141 Å². The third-order valence-electron chi connectivity index (χ3n) is 3.49. The van der Waals surface area contributed by atoms with E-state index < -0.39 is 17.3 Å². The van der Waals surface area contributed by atoms with Crippen molar-refractivity contribution in [2.75, 3.05) is 32.7 Å². The number of anilines is 1. The molecule has 0 aliphatic heterocycles. The number of amides is 2. The number of carbonyl (C=O) groups excluding carboxylic acids is 3. The molecule has 0 atom stereocenters. The van der Waals surface area contributed by atoms with Crippen molar-refractivity contribution < 1.29 is 23.9 Å². The number of hydrogen-bond donors (Lipinski definition) is 2. The number of nitrogens with one attached hydrogen (secondary N) is 2. The van der Waals surface area contributed by atoms with Crippen molar-refractivity contribution in [1.29, 1.82) is 0 Å². The zero-order valence-electron chi connectivity index (χ0n) is 14.5. The van der Waals surface area contributed by atoms with E-state index in [1.54, 1.807) is 25.3 Å². The fourth-order valence-electron chi connectivity index (χ4n) is 1.87. The summed E-state index contributed by atoms with van der Waals surface area (Å²) in [7, 11) is 2.87. The Bertz CT molecular complexity index is 598. The lowest BCUT2D eigenvalue weighted by atomic mass is 9.91. The van der Waals surface area contributed by atoms with Gasteiger partial charge in [0.1, 0.15) is 5.41 Å². The normalized spacial score (nSPS) is 10.8. The molecule has 1 aromatic carbocycles. The molecule has 24 heavy (non-hydrogen) atoms. The van der Waals surface area contributed by atoms with Crippen LogP contribution in [0.15, 0.2) is 24.3 Å². The van der Waals surface area contributed by atoms with E-state index in [9.17, 15) is 14.4 Å². The minimum Gasteiger partial charge on any atom is -0.465 e. The molecule has 0 aliphatic carbocycles. The number of benzene rings is 1. The molecule has 0 heterocycles. The van der Waals surface area contributed by atoms with Gasteiger partial charge in [-0.05, 0) is 38.5 Å². The van der Waals surface area contributed by atoms with Crippen LogP contribution in [-0.2, 0) is 19.1 Å². The first-order valence-corrected chi connectivity index (χ1v) is 7.60. The minimum absolute atomic E-state index is 0.317. The summed E-state index contributed by atoms with van der Waals surface area (Å²) in [5.74, 6) is -1.34. The summed E-state index contributed by atoms with van der Waals surface area (Å²) in [6.07, 6.45) is 0.668. The molecule has 0 aliphatic rings. The largest absolute Gasteiger partial charge is 0.465 e. The average molecular weight is 336 g/mol. The van der Waals surface area contributed by atoms with Gasteiger partial charge in [0.05, 0.1) is 12.7 Å². The van der Waals surface area contributed by atoms with Crippen LogP contribution in [0, 0.1) is 5.41 Å². The maximum absolute atomic E-state index is 12.4. The molecule has 0 spiro atoms. The summed E-state index contributed by atoms with van der Waals surface area (Å²) in [5, 5.41) is 5.36. The third kappa shape index (κ3) is 5.34. The molecule has 1 rings (SSSR count). The molecule has 0 saturated heterocycles. The molecule has 0 radical (unpaired) electrons. The first-order chi connectivity index (χ1) is 11.3. The molecule has 0 fully saturated rings. The van der Waals surface area contributed by atoms with Crippen molar-refractivity contribution in [2.45, 2.75) is 20.3 Å². The van der Waals surface area contributed by atoms with E-state index in [0.29, 0.717) is 30.8 Å². The Kier molecular flexibility index (Phi) is 7.38. The molecule has 0 aromatic heterocycles. The average Bonchev–Trinajstić information content (AvgIpc) is 2.57. The van der Waals surface area contributed by atoms with E-state index in [2.05, 4.69) is 15.4 Å². The van der Waals surface area contributed by atoms with Crippen LogP contribution in [-0.4, -0.2) is 45.2 Å². The zero-order chi connectivity index (χ0) is 18.2. The number of esters is 1. The molecule has 0 unspecified atom stereocenters. The molecule has 0 saturated carbocycles. The number of methoxy groups -OCH3 is 2. The van der Waals surface area contributed by atoms with Gasteiger partial charge in [-0.15, -0.1) is 0 Å². The van der Waals surface area contributed by atoms with E-state index in [1.165, 1.54) is 27.0 Å². The van der Waals surface area contributed by atoms with Crippen molar-refractivity contribution >= 4 is 23.5 Å². The van der Waals surface area contributed by atoms with Crippen molar-refractivity contribution in [1.82, 2.24) is 5.32 Å². The highest BCUT2D eigenvalue weighted by Crippen LogP contribution is 2.20. The summed E-state index contributed by atoms with van der Waals surface area (Å²) >= 11 is 0. The monoisotopic (exact) mass is 336 g/mol. The summed E-state index contributed by atoms with van der Waals surface area (Å²) in [5.41, 5.74) is -0.519. The van der Waals surface area contributed by atoms with Gasteiger partial charge in [0.25, 0.3) is 0 Å². The Morgan fingerprint density at radius 3 is 2.46 bits per heavy atom. The van der Waals surface area contributed by atoms with Gasteiger partial charge in [-0.3, -0.25) is 9.59 Å². The van der Waals surface area contributed by atoms with Gasteiger partial charge in [-0.2, -0.15) is 0 Å². The van der Waals surface area contributed by atoms with Crippen molar-refractivity contribution in [3.05, 3.63) is 29.8 Å². The maximum atomic E-state index is 12.4. The minimum atomic E-state index is -1.26. The summed E-state index contributed by atoms with van der Waals surface area (Å²) in [6.45, 7) is 4.05. The number of rotatable bonds is 8. The molecular weight excluding hydrogens is 312 g/mol. The van der Waals surface area contributed by atoms with E-state index >= 15 is 0 Å². The van der Waals surface area contributed by atoms with E-state index in [-0.39, 0.29) is 5.91 Å². The van der Waals surface area contributed by atoms with Crippen LogP contribution < -0.4 is 10.6 Å². The summed E-state index contributed by atoms with van der Waals surface area (Å²) in [4.78, 5) is 36.1. The van der Waals surface area contributed by atoms with E-state index in [0.717, 1.165) is 0 Å². The molecule has 1 aromatic rings. The molecule has 0 bridgehead atoms. The number of ether oxygens (including phenoxy) is 2. The third-order valence-corrected chi connectivity index (χ3v) is 3.49. The fourth-order valence-corrected chi connectivity index (χ4v) is 1.87. The smallest absolute Gasteiger partial charge is 0.337 e. The highest BCUT2D eigenvalue weighted by molar-refractivity contribution is 6.10. The van der Waals surface area contributed by atoms with E-state index in [4.69, 9.17) is 4.74 Å². The molecule has 7 nitrogen and oxygen atoms in total. The first-order valence-electron chi connectivity index (χ1n) is 7.60. The highest BCUT2D eigenvalue weighted by Gasteiger charge is 2.35. The molecule has 2 amide bonds. The lowest BCUT2D eigenvalue weighted by molar-refractivity contribution is -0.138. The van der Waals surface area contributed by atoms with Gasteiger partial charge >= 0.3 is 5.97 Å². The zero-order valence-corrected chi connectivity index (χ0v) is 14.5. The second-order valence-corrected chi connectivity index (χ2v) is 5.75. The summed E-state index contributed by atoms with van der Waals surface area (Å²) < 4.78 is 9.55. The van der Waals surface area contributed by atoms with Gasteiger partial charge in [-0.25, -0.2) is 4.79 Å². The van der Waals surface area contributed by atoms with Crippen LogP contribution in [0.1, 0.15) is 30.6 Å². The Morgan fingerprint density at radius 1 is 1.12 bits per heavy atom. The predicted octanol–water partition coefficient (Wildman–Crippen LogP) is 1.59. The van der Waals surface area contributed by atoms with Crippen LogP contribution in [0.2, 0.25) is 0 Å². The second kappa shape index (κ2) is 9.02. The van der Waals surface area contributed by atoms with Crippen molar-refractivity contribution in [3.63, 3.8) is 0 Å². The maximum Gasteiger partial charge on any atom is 0.337 e. The van der Waals surface area contributed by atoms with Gasteiger partial charge in [0.2, 0.25) is 11.8 Å². The fraction of sp³-hybridized carbons (Fsp3) is 0.471. The lowest BCUT2D eigenvalue weighted by Gasteiger charge is -2.22. The molecule has 2 N–H and O–H groups in total. The van der Waals surface area contributed by atoms with Crippen LogP contribution in [0.3, 0.4) is 0 Å². The SMILES string of the molecule is COCCCNC(=O)C(C)(C)C(=O)Nc1cccc(C(=O)OC)c1. The van der Waals surface area contributed by atoms with Crippen LogP contribution in [0.25, 0.3) is 0 Å². The van der Waals surface area contributed by atoms with Gasteiger partial charge in [-0.1, -0.05) is 6.07 Å². The van der Waals surface area contributed by atoms with Crippen LogP contribution in [0.4, 0.5) is 5.69 Å². The molecule has 132 valence electrons. The summed E-state index contributed by atoms with van der Waals surface area (Å²) in [6, 6.07) is 6.34. The standard InChI is InChI=1S/C17H24N2O5/c1-17(2,15(21)18-9-6-10-23-3)16(22)19-13-8-5-7-12(11-13)14(20)24-4/h5,7-8,11H,6,9-10H2,1-4H3,(H,18,21)(H,19,22). The van der Waals surface area contributed by atoms with Crippen molar-refractivity contribution in [3.8, 4) is 0 Å². The second-order valence-electron chi connectivity index (χ2n) is 5.75. The van der Waals surface area contributed by atoms with Crippen molar-refractivity contribution in [2.24, 2.45) is 5.41 Å². The Balaban J connectivity index is 2.71. The Morgan fingerprint density at radius 2 is 1.83 bits per heavy atom. The van der Waals surface area contributed by atoms with Gasteiger partial charge in [0.15, 0.2) is 0 Å². The number of carbonyl (C=O) groups is 3. The highest BCUT2D eigenvalue weighted by atomic mass is 16.5. The van der Waals surface area contributed by atoms with Crippen LogP contribution in [0.5, 0.6) is 0 Å². The first kappa shape index (κ1) is 19.6. The quantitative estimate of drug-likeness (QED) is 0.427. The predicted molar refractivity (Wildman–Crippen MR) is 89.7 cm³/mol. The topological polar surface area (TPSA) is 93.7 Å². The van der Waals surface area contributed by atoms with E-state index in [1.807, 2.05) is 0 Å². The molecule has 7 heteroatoms.